The van der Waals surface area contributed by atoms with Crippen molar-refractivity contribution in [1.29, 1.82) is 0 Å². The predicted octanol–water partition coefficient (Wildman–Crippen LogP) is 2.47. The van der Waals surface area contributed by atoms with Gasteiger partial charge >= 0.3 is 0 Å². The molecule has 0 aliphatic carbocycles. The predicted molar refractivity (Wildman–Crippen MR) is 77.6 cm³/mol. The van der Waals surface area contributed by atoms with Gasteiger partial charge in [0.2, 0.25) is 10.0 Å². The monoisotopic (exact) mass is 283 g/mol. The number of hydrogen-bond donors (Lipinski definition) is 1. The zero-order valence-electron chi connectivity index (χ0n) is 11.4. The molecule has 1 aromatic rings. The summed E-state index contributed by atoms with van der Waals surface area (Å²) < 4.78 is 31.8. The van der Waals surface area contributed by atoms with Gasteiger partial charge in [-0.25, -0.2) is 13.1 Å². The summed E-state index contributed by atoms with van der Waals surface area (Å²) in [6, 6.07) is 7.31. The second-order valence-corrected chi connectivity index (χ2v) is 6.31. The number of rotatable bonds is 8. The van der Waals surface area contributed by atoms with E-state index in [1.807, 2.05) is 31.2 Å². The largest absolute Gasteiger partial charge is 0.497 e. The summed E-state index contributed by atoms with van der Waals surface area (Å²) in [4.78, 5) is 0. The number of methoxy groups -OCH3 is 1. The first kappa shape index (κ1) is 15.7. The maximum absolute atomic E-state index is 12.1. The van der Waals surface area contributed by atoms with E-state index in [-0.39, 0.29) is 0 Å². The van der Waals surface area contributed by atoms with Crippen LogP contribution in [0, 0.1) is 0 Å². The maximum atomic E-state index is 12.1. The van der Waals surface area contributed by atoms with Crippen LogP contribution in [0.5, 0.6) is 5.75 Å². The highest BCUT2D eigenvalue weighted by atomic mass is 32.2. The summed E-state index contributed by atoms with van der Waals surface area (Å²) in [7, 11) is -1.70. The number of sulfonamides is 1. The molecule has 0 heterocycles. The van der Waals surface area contributed by atoms with Gasteiger partial charge in [-0.05, 0) is 30.5 Å². The summed E-state index contributed by atoms with van der Waals surface area (Å²) >= 11 is 0. The van der Waals surface area contributed by atoms with Crippen molar-refractivity contribution in [2.24, 2.45) is 0 Å². The molecule has 0 aliphatic rings. The topological polar surface area (TPSA) is 55.4 Å². The van der Waals surface area contributed by atoms with E-state index in [4.69, 9.17) is 4.74 Å². The summed E-state index contributed by atoms with van der Waals surface area (Å²) in [6.07, 6.45) is 2.68. The highest BCUT2D eigenvalue weighted by molar-refractivity contribution is 7.90. The Bertz CT molecular complexity index is 494. The van der Waals surface area contributed by atoms with Gasteiger partial charge in [-0.15, -0.1) is 6.58 Å². The van der Waals surface area contributed by atoms with Crippen LogP contribution in [0.4, 0.5) is 0 Å². The Morgan fingerprint density at radius 3 is 2.47 bits per heavy atom. The second-order valence-electron chi connectivity index (χ2n) is 4.27. The lowest BCUT2D eigenvalue weighted by Gasteiger charge is -2.15. The Labute approximate surface area is 115 Å². The van der Waals surface area contributed by atoms with Crippen LogP contribution in [0.2, 0.25) is 0 Å². The fourth-order valence-electron chi connectivity index (χ4n) is 1.74. The zero-order chi connectivity index (χ0) is 14.3. The van der Waals surface area contributed by atoms with E-state index in [9.17, 15) is 8.42 Å². The van der Waals surface area contributed by atoms with Gasteiger partial charge in [0.15, 0.2) is 0 Å². The van der Waals surface area contributed by atoms with Gasteiger partial charge in [0.1, 0.15) is 5.75 Å². The van der Waals surface area contributed by atoms with Crippen molar-refractivity contribution >= 4 is 10.0 Å². The maximum Gasteiger partial charge on any atom is 0.215 e. The lowest BCUT2D eigenvalue weighted by molar-refractivity contribution is 0.414. The van der Waals surface area contributed by atoms with Gasteiger partial charge in [0.05, 0.1) is 12.4 Å². The molecule has 0 fully saturated rings. The van der Waals surface area contributed by atoms with Crippen molar-refractivity contribution < 1.29 is 13.2 Å². The molecule has 0 saturated heterocycles. The molecule has 0 bridgehead atoms. The molecule has 106 valence electrons. The van der Waals surface area contributed by atoms with E-state index in [1.54, 1.807) is 13.2 Å². The first-order valence-electron chi connectivity index (χ1n) is 6.25. The molecule has 1 rings (SSSR count). The molecule has 0 spiro atoms. The molecule has 1 N–H and O–H groups in total. The fourth-order valence-corrected chi connectivity index (χ4v) is 3.18. The molecule has 5 heteroatoms. The quantitative estimate of drug-likeness (QED) is 0.746. The van der Waals surface area contributed by atoms with Crippen LogP contribution in [0.3, 0.4) is 0 Å². The fraction of sp³-hybridized carbons (Fsp3) is 0.429. The average molecular weight is 283 g/mol. The number of ether oxygens (including phenoxy) is 1. The van der Waals surface area contributed by atoms with Crippen molar-refractivity contribution in [3.05, 3.63) is 42.5 Å². The van der Waals surface area contributed by atoms with Gasteiger partial charge in [0.25, 0.3) is 0 Å². The molecule has 1 atom stereocenters. The molecule has 19 heavy (non-hydrogen) atoms. The van der Waals surface area contributed by atoms with Crippen LogP contribution in [0.25, 0.3) is 0 Å². The van der Waals surface area contributed by atoms with Crippen LogP contribution in [0.1, 0.15) is 25.3 Å². The van der Waals surface area contributed by atoms with Crippen molar-refractivity contribution in [2.45, 2.75) is 31.6 Å². The van der Waals surface area contributed by atoms with Gasteiger partial charge in [-0.2, -0.15) is 0 Å². The lowest BCUT2D eigenvalue weighted by Crippen LogP contribution is -2.33. The third-order valence-corrected chi connectivity index (χ3v) is 4.91. The normalized spacial score (nSPS) is 12.9. The van der Waals surface area contributed by atoms with Gasteiger partial charge in [-0.3, -0.25) is 0 Å². The van der Waals surface area contributed by atoms with Crippen LogP contribution in [-0.2, 0) is 16.6 Å². The van der Waals surface area contributed by atoms with E-state index in [0.717, 1.165) is 11.3 Å². The minimum Gasteiger partial charge on any atom is -0.497 e. The van der Waals surface area contributed by atoms with Crippen LogP contribution < -0.4 is 9.46 Å². The smallest absolute Gasteiger partial charge is 0.215 e. The Balaban J connectivity index is 2.65. The third kappa shape index (κ3) is 4.69. The molecule has 0 amide bonds. The van der Waals surface area contributed by atoms with E-state index >= 15 is 0 Å². The molecule has 0 aromatic heterocycles. The van der Waals surface area contributed by atoms with Gasteiger partial charge in [-0.1, -0.05) is 25.1 Å². The number of hydrogen-bond acceptors (Lipinski definition) is 3. The number of benzene rings is 1. The second kappa shape index (κ2) is 7.31. The SMILES string of the molecule is C=CCC(CC)S(=O)(=O)NCc1ccc(OC)cc1. The van der Waals surface area contributed by atoms with Crippen molar-refractivity contribution in [1.82, 2.24) is 4.72 Å². The Morgan fingerprint density at radius 1 is 1.37 bits per heavy atom. The van der Waals surface area contributed by atoms with Gasteiger partial charge in [0, 0.05) is 6.54 Å². The third-order valence-electron chi connectivity index (χ3n) is 2.96. The van der Waals surface area contributed by atoms with Crippen molar-refractivity contribution in [3.63, 3.8) is 0 Å². The molecule has 0 aliphatic heterocycles. The van der Waals surface area contributed by atoms with E-state index in [0.29, 0.717) is 19.4 Å². The molecule has 1 unspecified atom stereocenters. The first-order chi connectivity index (χ1) is 9.03. The van der Waals surface area contributed by atoms with Crippen LogP contribution in [-0.4, -0.2) is 20.8 Å². The van der Waals surface area contributed by atoms with Crippen molar-refractivity contribution in [2.75, 3.05) is 7.11 Å². The highest BCUT2D eigenvalue weighted by Crippen LogP contribution is 2.13. The minimum absolute atomic E-state index is 0.292. The van der Waals surface area contributed by atoms with Crippen LogP contribution >= 0.6 is 0 Å². The van der Waals surface area contributed by atoms with E-state index in [1.165, 1.54) is 0 Å². The van der Waals surface area contributed by atoms with E-state index < -0.39 is 15.3 Å². The lowest BCUT2D eigenvalue weighted by atomic mass is 10.2. The molecule has 0 saturated carbocycles. The Morgan fingerprint density at radius 2 is 2.00 bits per heavy atom. The highest BCUT2D eigenvalue weighted by Gasteiger charge is 2.21. The Hall–Kier alpha value is -1.33. The molecule has 0 radical (unpaired) electrons. The molecule has 4 nitrogen and oxygen atoms in total. The average Bonchev–Trinajstić information content (AvgIpc) is 2.43. The summed E-state index contributed by atoms with van der Waals surface area (Å²) in [5.74, 6) is 0.754. The molecular weight excluding hydrogens is 262 g/mol. The first-order valence-corrected chi connectivity index (χ1v) is 7.80. The molecular formula is C14H21NO3S. The number of nitrogens with one attached hydrogen (secondary N) is 1. The van der Waals surface area contributed by atoms with Crippen LogP contribution in [0.15, 0.2) is 36.9 Å². The number of allylic oxidation sites excluding steroid dienone is 1. The summed E-state index contributed by atoms with van der Waals surface area (Å²) in [5.41, 5.74) is 0.901. The summed E-state index contributed by atoms with van der Waals surface area (Å²) in [6.45, 7) is 5.75. The minimum atomic E-state index is -3.30. The van der Waals surface area contributed by atoms with E-state index in [2.05, 4.69) is 11.3 Å². The standard InChI is InChI=1S/C14H21NO3S/c1-4-6-14(5-2)19(16,17)15-11-12-7-9-13(18-3)10-8-12/h4,7-10,14-15H,1,5-6,11H2,2-3H3. The van der Waals surface area contributed by atoms with Gasteiger partial charge < -0.3 is 4.74 Å². The summed E-state index contributed by atoms with van der Waals surface area (Å²) in [5, 5.41) is -0.414. The van der Waals surface area contributed by atoms with Crippen molar-refractivity contribution in [3.8, 4) is 5.75 Å². The Kier molecular flexibility index (Phi) is 6.05. The molecule has 1 aromatic carbocycles. The zero-order valence-corrected chi connectivity index (χ0v) is 12.2.